The monoisotopic (exact) mass is 393 g/mol. The highest BCUT2D eigenvalue weighted by molar-refractivity contribution is 5.77. The van der Waals surface area contributed by atoms with Crippen molar-refractivity contribution in [3.05, 3.63) is 70.5 Å². The van der Waals surface area contributed by atoms with Crippen molar-refractivity contribution >= 4 is 6.02 Å². The van der Waals surface area contributed by atoms with Crippen LogP contribution in [-0.4, -0.2) is 36.7 Å². The fourth-order valence-corrected chi connectivity index (χ4v) is 5.21. The molecule has 2 atom stereocenters. The van der Waals surface area contributed by atoms with E-state index in [1.807, 2.05) is 12.1 Å². The molecule has 0 bridgehead atoms. The molecular formula is C24H28FN3O. The molecule has 0 aromatic heterocycles. The molecule has 2 aromatic carbocycles. The Morgan fingerprint density at radius 1 is 1.07 bits per heavy atom. The Bertz CT molecular complexity index is 905. The van der Waals surface area contributed by atoms with Crippen LogP contribution in [0, 0.1) is 5.82 Å². The van der Waals surface area contributed by atoms with E-state index in [-0.39, 0.29) is 17.9 Å². The topological polar surface area (TPSA) is 50.9 Å². The molecular weight excluding hydrogens is 365 g/mol. The van der Waals surface area contributed by atoms with Gasteiger partial charge in [0.15, 0.2) is 0 Å². The lowest BCUT2D eigenvalue weighted by molar-refractivity contribution is 0.223. The van der Waals surface area contributed by atoms with Crippen molar-refractivity contribution in [2.75, 3.05) is 19.7 Å². The minimum absolute atomic E-state index is 0.0176. The Morgan fingerprint density at radius 3 is 2.55 bits per heavy atom. The first-order valence-electron chi connectivity index (χ1n) is 10.8. The molecule has 5 heteroatoms. The van der Waals surface area contributed by atoms with Crippen LogP contribution >= 0.6 is 0 Å². The quantitative estimate of drug-likeness (QED) is 0.853. The zero-order chi connectivity index (χ0) is 19.8. The largest absolute Gasteiger partial charge is 0.463 e. The van der Waals surface area contributed by atoms with Gasteiger partial charge in [-0.2, -0.15) is 0 Å². The van der Waals surface area contributed by atoms with E-state index in [9.17, 15) is 4.39 Å². The first-order valence-corrected chi connectivity index (χ1v) is 10.8. The van der Waals surface area contributed by atoms with Gasteiger partial charge in [-0.05, 0) is 59.6 Å². The number of aliphatic imine (C=N–C) groups is 1. The van der Waals surface area contributed by atoms with Gasteiger partial charge >= 0.3 is 0 Å². The molecule has 0 unspecified atom stereocenters. The fourth-order valence-electron chi connectivity index (χ4n) is 5.21. The van der Waals surface area contributed by atoms with Crippen molar-refractivity contribution in [1.82, 2.24) is 4.90 Å². The number of nitrogens with two attached hydrogens (primary N) is 1. The lowest BCUT2D eigenvalue weighted by Crippen LogP contribution is -2.41. The summed E-state index contributed by atoms with van der Waals surface area (Å²) in [7, 11) is 0. The molecule has 4 nitrogen and oxygen atoms in total. The summed E-state index contributed by atoms with van der Waals surface area (Å²) in [5.74, 6) is 0.459. The number of halogens is 1. The molecule has 1 aliphatic carbocycles. The van der Waals surface area contributed by atoms with Crippen LogP contribution in [0.5, 0.6) is 0 Å². The van der Waals surface area contributed by atoms with Gasteiger partial charge in [-0.1, -0.05) is 43.2 Å². The van der Waals surface area contributed by atoms with E-state index in [0.29, 0.717) is 25.1 Å². The molecule has 3 aliphatic rings. The molecule has 2 N–H and O–H groups in total. The summed E-state index contributed by atoms with van der Waals surface area (Å²) in [6, 6.07) is 14.3. The third kappa shape index (κ3) is 3.42. The second-order valence-corrected chi connectivity index (χ2v) is 8.41. The molecule has 2 heterocycles. The average Bonchev–Trinajstić information content (AvgIpc) is 3.45. The Morgan fingerprint density at radius 2 is 1.83 bits per heavy atom. The highest BCUT2D eigenvalue weighted by Gasteiger charge is 2.36. The summed E-state index contributed by atoms with van der Waals surface area (Å²) >= 11 is 0. The SMILES string of the molecule is NC[C@@H]1COC(N2CCc3c(C4CCCC4)cccc3[C@@H]2c2ccc(F)cc2)=N1. The molecule has 0 amide bonds. The van der Waals surface area contributed by atoms with Gasteiger partial charge in [-0.3, -0.25) is 0 Å². The minimum Gasteiger partial charge on any atom is -0.463 e. The Hall–Kier alpha value is -2.40. The van der Waals surface area contributed by atoms with Crippen LogP contribution in [0.15, 0.2) is 47.5 Å². The highest BCUT2D eigenvalue weighted by Crippen LogP contribution is 2.42. The average molecular weight is 394 g/mol. The van der Waals surface area contributed by atoms with Crippen molar-refractivity contribution in [3.8, 4) is 0 Å². The van der Waals surface area contributed by atoms with E-state index in [2.05, 4.69) is 23.1 Å². The van der Waals surface area contributed by atoms with Gasteiger partial charge in [0.2, 0.25) is 0 Å². The molecule has 0 saturated heterocycles. The van der Waals surface area contributed by atoms with Gasteiger partial charge in [0.25, 0.3) is 6.02 Å². The number of ether oxygens (including phenoxy) is 1. The standard InChI is InChI=1S/C24H28FN3O/c25-18-10-8-17(9-11-18)23-22-7-3-6-20(16-4-1-2-5-16)21(22)12-13-28(23)24-27-19(14-26)15-29-24/h3,6-11,16,19,23H,1-2,4-5,12-15,26H2/t19-,23+/m1/s1. The molecule has 1 saturated carbocycles. The normalized spacial score (nSPS) is 24.3. The van der Waals surface area contributed by atoms with E-state index >= 15 is 0 Å². The maximum atomic E-state index is 13.6. The summed E-state index contributed by atoms with van der Waals surface area (Å²) in [5.41, 5.74) is 11.2. The molecule has 1 fully saturated rings. The summed E-state index contributed by atoms with van der Waals surface area (Å²) in [5, 5.41) is 0. The van der Waals surface area contributed by atoms with Crippen LogP contribution in [-0.2, 0) is 11.2 Å². The van der Waals surface area contributed by atoms with Crippen molar-refractivity contribution in [1.29, 1.82) is 0 Å². The summed E-state index contributed by atoms with van der Waals surface area (Å²) in [6.45, 7) is 1.86. The third-order valence-electron chi connectivity index (χ3n) is 6.65. The van der Waals surface area contributed by atoms with E-state index in [4.69, 9.17) is 15.5 Å². The van der Waals surface area contributed by atoms with Crippen molar-refractivity contribution in [2.24, 2.45) is 10.7 Å². The van der Waals surface area contributed by atoms with Gasteiger partial charge in [0.1, 0.15) is 18.5 Å². The predicted octanol–water partition coefficient (Wildman–Crippen LogP) is 4.14. The lowest BCUT2D eigenvalue weighted by Gasteiger charge is -2.39. The molecule has 5 rings (SSSR count). The molecule has 2 aliphatic heterocycles. The van der Waals surface area contributed by atoms with Crippen LogP contribution < -0.4 is 5.73 Å². The van der Waals surface area contributed by atoms with Crippen molar-refractivity contribution in [3.63, 3.8) is 0 Å². The fraction of sp³-hybridized carbons (Fsp3) is 0.458. The summed E-state index contributed by atoms with van der Waals surface area (Å²) in [4.78, 5) is 6.96. The smallest absolute Gasteiger partial charge is 0.288 e. The first-order chi connectivity index (χ1) is 14.2. The molecule has 0 spiro atoms. The molecule has 29 heavy (non-hydrogen) atoms. The number of benzene rings is 2. The van der Waals surface area contributed by atoms with Crippen LogP contribution in [0.1, 0.15) is 59.9 Å². The number of nitrogens with zero attached hydrogens (tertiary/aromatic N) is 2. The Balaban J connectivity index is 1.59. The second-order valence-electron chi connectivity index (χ2n) is 8.41. The van der Waals surface area contributed by atoms with Gasteiger partial charge in [0, 0.05) is 13.1 Å². The molecule has 0 radical (unpaired) electrons. The maximum absolute atomic E-state index is 13.6. The number of hydrogen-bond donors (Lipinski definition) is 1. The number of rotatable bonds is 3. The van der Waals surface area contributed by atoms with Crippen LogP contribution in [0.25, 0.3) is 0 Å². The van der Waals surface area contributed by atoms with Crippen LogP contribution in [0.3, 0.4) is 0 Å². The minimum atomic E-state index is -0.214. The zero-order valence-electron chi connectivity index (χ0n) is 16.7. The van der Waals surface area contributed by atoms with E-state index < -0.39 is 0 Å². The maximum Gasteiger partial charge on any atom is 0.288 e. The lowest BCUT2D eigenvalue weighted by atomic mass is 9.82. The molecule has 2 aromatic rings. The number of fused-ring (bicyclic) bond motifs is 1. The highest BCUT2D eigenvalue weighted by atomic mass is 19.1. The third-order valence-corrected chi connectivity index (χ3v) is 6.65. The van der Waals surface area contributed by atoms with Crippen LogP contribution in [0.4, 0.5) is 4.39 Å². The van der Waals surface area contributed by atoms with Gasteiger partial charge in [-0.15, -0.1) is 0 Å². The Labute approximate surface area is 171 Å². The second kappa shape index (κ2) is 7.79. The zero-order valence-corrected chi connectivity index (χ0v) is 16.7. The Kier molecular flexibility index (Phi) is 5.00. The number of hydrogen-bond acceptors (Lipinski definition) is 4. The predicted molar refractivity (Wildman–Crippen MR) is 113 cm³/mol. The van der Waals surface area contributed by atoms with Crippen molar-refractivity contribution in [2.45, 2.75) is 50.1 Å². The van der Waals surface area contributed by atoms with Crippen LogP contribution in [0.2, 0.25) is 0 Å². The molecule has 152 valence electrons. The van der Waals surface area contributed by atoms with Crippen molar-refractivity contribution < 1.29 is 9.13 Å². The van der Waals surface area contributed by atoms with Gasteiger partial charge in [-0.25, -0.2) is 9.38 Å². The van der Waals surface area contributed by atoms with E-state index in [0.717, 1.165) is 18.5 Å². The summed E-state index contributed by atoms with van der Waals surface area (Å²) < 4.78 is 19.6. The number of amidine groups is 1. The summed E-state index contributed by atoms with van der Waals surface area (Å²) in [6.07, 6.45) is 6.21. The van der Waals surface area contributed by atoms with E-state index in [1.54, 1.807) is 12.1 Å². The van der Waals surface area contributed by atoms with E-state index in [1.165, 1.54) is 42.4 Å². The first kappa shape index (κ1) is 18.6. The van der Waals surface area contributed by atoms with Gasteiger partial charge in [0.05, 0.1) is 6.04 Å². The van der Waals surface area contributed by atoms with Gasteiger partial charge < -0.3 is 15.4 Å².